The summed E-state index contributed by atoms with van der Waals surface area (Å²) in [6.07, 6.45) is 0.371. The molecule has 2 rings (SSSR count). The van der Waals surface area contributed by atoms with E-state index in [4.69, 9.17) is 40.5 Å². The van der Waals surface area contributed by atoms with Gasteiger partial charge in [0, 0.05) is 22.6 Å². The monoisotopic (exact) mass is 328 g/mol. The maximum Gasteiger partial charge on any atom is 0.180 e. The van der Waals surface area contributed by atoms with Crippen molar-refractivity contribution in [2.45, 2.75) is 13.3 Å². The summed E-state index contributed by atoms with van der Waals surface area (Å²) < 4.78 is 0. The van der Waals surface area contributed by atoms with Crippen LogP contribution in [-0.2, 0) is 0 Å². The number of hydrogen-bond acceptors (Lipinski definition) is 3. The number of rotatable bonds is 3. The predicted molar refractivity (Wildman–Crippen MR) is 83.7 cm³/mol. The molecule has 0 atom stereocenters. The van der Waals surface area contributed by atoms with E-state index in [0.717, 1.165) is 0 Å². The molecule has 0 radical (unpaired) electrons. The Kier molecular flexibility index (Phi) is 4.53. The number of nitrogens with two attached hydrogens (primary N) is 1. The van der Waals surface area contributed by atoms with Gasteiger partial charge in [0.15, 0.2) is 5.78 Å². The number of Topliss-reactive ketones (excluding diaryl/α,β-unsaturated/α-hetero) is 1. The van der Waals surface area contributed by atoms with Crippen molar-refractivity contribution >= 4 is 46.4 Å². The van der Waals surface area contributed by atoms with Crippen molar-refractivity contribution in [3.05, 3.63) is 45.0 Å². The van der Waals surface area contributed by atoms with E-state index in [-0.39, 0.29) is 11.6 Å². The average Bonchev–Trinajstić information content (AvgIpc) is 2.42. The van der Waals surface area contributed by atoms with Crippen molar-refractivity contribution in [1.82, 2.24) is 4.98 Å². The Balaban J connectivity index is 2.57. The maximum atomic E-state index is 11.6. The van der Waals surface area contributed by atoms with Gasteiger partial charge in [0.2, 0.25) is 0 Å². The van der Waals surface area contributed by atoms with Crippen molar-refractivity contribution in [1.29, 1.82) is 0 Å². The summed E-state index contributed by atoms with van der Waals surface area (Å²) in [7, 11) is 0. The van der Waals surface area contributed by atoms with E-state index in [2.05, 4.69) is 4.98 Å². The number of hydrogen-bond donors (Lipinski definition) is 1. The predicted octanol–water partition coefficient (Wildman–Crippen LogP) is 4.88. The molecule has 1 heterocycles. The topological polar surface area (TPSA) is 56.0 Å². The Morgan fingerprint density at radius 3 is 2.50 bits per heavy atom. The van der Waals surface area contributed by atoms with Gasteiger partial charge in [0.25, 0.3) is 0 Å². The highest BCUT2D eigenvalue weighted by atomic mass is 35.5. The lowest BCUT2D eigenvalue weighted by atomic mass is 10.1. The fourth-order valence-electron chi connectivity index (χ4n) is 1.79. The van der Waals surface area contributed by atoms with Gasteiger partial charge < -0.3 is 5.73 Å². The van der Waals surface area contributed by atoms with Crippen LogP contribution in [0.2, 0.25) is 15.1 Å². The summed E-state index contributed by atoms with van der Waals surface area (Å²) in [5.74, 6) is 0.142. The third kappa shape index (κ3) is 2.90. The van der Waals surface area contributed by atoms with E-state index >= 15 is 0 Å². The summed E-state index contributed by atoms with van der Waals surface area (Å²) in [5, 5.41) is 1.13. The van der Waals surface area contributed by atoms with Gasteiger partial charge in [-0.25, -0.2) is 4.98 Å². The van der Waals surface area contributed by atoms with Gasteiger partial charge in [-0.2, -0.15) is 0 Å². The first-order valence-electron chi connectivity index (χ1n) is 5.88. The molecule has 3 nitrogen and oxygen atoms in total. The molecular formula is C14H11Cl3N2O. The Hall–Kier alpha value is -1.29. The minimum Gasteiger partial charge on any atom is -0.383 e. The third-order valence-electron chi connectivity index (χ3n) is 2.81. The van der Waals surface area contributed by atoms with E-state index in [9.17, 15) is 4.79 Å². The van der Waals surface area contributed by atoms with Crippen molar-refractivity contribution < 1.29 is 4.79 Å². The molecule has 0 saturated carbocycles. The molecule has 0 amide bonds. The average molecular weight is 330 g/mol. The van der Waals surface area contributed by atoms with Crippen LogP contribution in [0.25, 0.3) is 11.1 Å². The SMILES string of the molecule is CCC(=O)c1ccc(-c2cc(Cl)cc(Cl)c2Cl)c(N)n1. The minimum atomic E-state index is -0.0709. The zero-order chi connectivity index (χ0) is 14.9. The van der Waals surface area contributed by atoms with Crippen LogP contribution in [0.4, 0.5) is 5.82 Å². The number of carbonyl (C=O) groups excluding carboxylic acids is 1. The maximum absolute atomic E-state index is 11.6. The van der Waals surface area contributed by atoms with Crippen molar-refractivity contribution in [3.8, 4) is 11.1 Å². The molecule has 0 aliphatic rings. The number of benzene rings is 1. The molecule has 0 spiro atoms. The first kappa shape index (κ1) is 15.1. The molecule has 2 aromatic rings. The Labute approximate surface area is 131 Å². The van der Waals surface area contributed by atoms with Crippen molar-refractivity contribution in [3.63, 3.8) is 0 Å². The summed E-state index contributed by atoms with van der Waals surface area (Å²) in [5.41, 5.74) is 7.42. The highest BCUT2D eigenvalue weighted by Crippen LogP contribution is 2.38. The van der Waals surface area contributed by atoms with E-state index in [0.29, 0.717) is 38.3 Å². The lowest BCUT2D eigenvalue weighted by Gasteiger charge is -2.10. The van der Waals surface area contributed by atoms with Crippen LogP contribution in [0.15, 0.2) is 24.3 Å². The number of ketones is 1. The molecule has 104 valence electrons. The van der Waals surface area contributed by atoms with Crippen LogP contribution in [0.3, 0.4) is 0 Å². The molecule has 2 N–H and O–H groups in total. The normalized spacial score (nSPS) is 10.6. The first-order chi connectivity index (χ1) is 9.43. The van der Waals surface area contributed by atoms with Crippen LogP contribution in [-0.4, -0.2) is 10.8 Å². The van der Waals surface area contributed by atoms with Crippen LogP contribution in [0.5, 0.6) is 0 Å². The zero-order valence-electron chi connectivity index (χ0n) is 10.6. The molecule has 20 heavy (non-hydrogen) atoms. The fourth-order valence-corrected chi connectivity index (χ4v) is 2.50. The van der Waals surface area contributed by atoms with Gasteiger partial charge in [0.05, 0.1) is 10.0 Å². The van der Waals surface area contributed by atoms with Crippen LogP contribution in [0.1, 0.15) is 23.8 Å². The van der Waals surface area contributed by atoms with Crippen LogP contribution >= 0.6 is 34.8 Å². The van der Waals surface area contributed by atoms with E-state index in [1.165, 1.54) is 0 Å². The number of anilines is 1. The van der Waals surface area contributed by atoms with Gasteiger partial charge in [-0.15, -0.1) is 0 Å². The number of pyridine rings is 1. The van der Waals surface area contributed by atoms with Gasteiger partial charge in [-0.3, -0.25) is 4.79 Å². The van der Waals surface area contributed by atoms with E-state index < -0.39 is 0 Å². The van der Waals surface area contributed by atoms with Crippen LogP contribution < -0.4 is 5.73 Å². The summed E-state index contributed by atoms with van der Waals surface area (Å²) in [4.78, 5) is 15.7. The largest absolute Gasteiger partial charge is 0.383 e. The molecular weight excluding hydrogens is 319 g/mol. The number of carbonyl (C=O) groups is 1. The van der Waals surface area contributed by atoms with Gasteiger partial charge in [-0.1, -0.05) is 41.7 Å². The van der Waals surface area contributed by atoms with E-state index in [1.807, 2.05) is 0 Å². The Morgan fingerprint density at radius 1 is 1.20 bits per heavy atom. The molecule has 0 unspecified atom stereocenters. The molecule has 0 aliphatic carbocycles. The molecule has 1 aromatic carbocycles. The number of aromatic nitrogens is 1. The fraction of sp³-hybridized carbons (Fsp3) is 0.143. The molecule has 6 heteroatoms. The minimum absolute atomic E-state index is 0.0709. The molecule has 0 saturated heterocycles. The highest BCUT2D eigenvalue weighted by Gasteiger charge is 2.14. The molecule has 1 aromatic heterocycles. The Morgan fingerprint density at radius 2 is 1.90 bits per heavy atom. The highest BCUT2D eigenvalue weighted by molar-refractivity contribution is 6.45. The molecule has 0 aliphatic heterocycles. The lowest BCUT2D eigenvalue weighted by Crippen LogP contribution is -2.04. The van der Waals surface area contributed by atoms with Gasteiger partial charge in [0.1, 0.15) is 11.5 Å². The smallest absolute Gasteiger partial charge is 0.180 e. The third-order valence-corrected chi connectivity index (χ3v) is 3.83. The second-order valence-corrected chi connectivity index (χ2v) is 5.38. The van der Waals surface area contributed by atoms with Gasteiger partial charge >= 0.3 is 0 Å². The summed E-state index contributed by atoms with van der Waals surface area (Å²) >= 11 is 18.1. The van der Waals surface area contributed by atoms with Crippen molar-refractivity contribution in [2.75, 3.05) is 5.73 Å². The summed E-state index contributed by atoms with van der Waals surface area (Å²) in [6.45, 7) is 1.77. The second-order valence-electron chi connectivity index (χ2n) is 4.16. The zero-order valence-corrected chi connectivity index (χ0v) is 12.9. The standard InChI is InChI=1S/C14H11Cl3N2O/c1-2-12(20)11-4-3-8(14(18)19-11)9-5-7(15)6-10(16)13(9)17/h3-6H,2H2,1H3,(H2,18,19). The number of halogens is 3. The Bertz CT molecular complexity index is 686. The molecule has 0 fully saturated rings. The first-order valence-corrected chi connectivity index (χ1v) is 7.02. The summed E-state index contributed by atoms with van der Waals surface area (Å²) in [6, 6.07) is 6.51. The lowest BCUT2D eigenvalue weighted by molar-refractivity contribution is 0.0983. The number of nitrogens with zero attached hydrogens (tertiary/aromatic N) is 1. The quantitative estimate of drug-likeness (QED) is 0.644. The van der Waals surface area contributed by atoms with Crippen molar-refractivity contribution in [2.24, 2.45) is 0 Å². The molecule has 0 bridgehead atoms. The number of nitrogen functional groups attached to an aromatic ring is 1. The second kappa shape index (κ2) is 6.00. The van der Waals surface area contributed by atoms with Crippen LogP contribution in [0, 0.1) is 0 Å². The van der Waals surface area contributed by atoms with Gasteiger partial charge in [-0.05, 0) is 24.3 Å². The van der Waals surface area contributed by atoms with E-state index in [1.54, 1.807) is 31.2 Å².